The van der Waals surface area contributed by atoms with Crippen LogP contribution in [0.3, 0.4) is 0 Å². The average Bonchev–Trinajstić information content (AvgIpc) is 3.06. The Balaban J connectivity index is 2.22. The zero-order valence-corrected chi connectivity index (χ0v) is 14.2. The molecule has 0 fully saturated rings. The lowest BCUT2D eigenvalue weighted by Crippen LogP contribution is -2.07. The van der Waals surface area contributed by atoms with Crippen LogP contribution in [0.1, 0.15) is 11.3 Å². The Morgan fingerprint density at radius 1 is 1.07 bits per heavy atom. The summed E-state index contributed by atoms with van der Waals surface area (Å²) in [5.41, 5.74) is -0.908. The van der Waals surface area contributed by atoms with E-state index in [1.165, 1.54) is 30.6 Å². The summed E-state index contributed by atoms with van der Waals surface area (Å²) < 4.78 is 40.7. The lowest BCUT2D eigenvalue weighted by atomic mass is 9.99. The van der Waals surface area contributed by atoms with Gasteiger partial charge in [-0.15, -0.1) is 5.10 Å². The number of hydrogen-bond acceptors (Lipinski definition) is 6. The van der Waals surface area contributed by atoms with Crippen LogP contribution in [-0.4, -0.2) is 25.1 Å². The van der Waals surface area contributed by atoms with E-state index in [0.29, 0.717) is 5.69 Å². The molecule has 7 nitrogen and oxygen atoms in total. The fourth-order valence-corrected chi connectivity index (χ4v) is 3.06. The second-order valence-corrected chi connectivity index (χ2v) is 6.06. The first kappa shape index (κ1) is 17.7. The van der Waals surface area contributed by atoms with Gasteiger partial charge in [-0.25, -0.2) is 0 Å². The van der Waals surface area contributed by atoms with Crippen molar-refractivity contribution in [2.75, 3.05) is 0 Å². The summed E-state index contributed by atoms with van der Waals surface area (Å²) in [5.74, 6) is 0. The van der Waals surface area contributed by atoms with Crippen LogP contribution < -0.4 is 0 Å². The van der Waals surface area contributed by atoms with Crippen LogP contribution in [-0.2, 0) is 6.18 Å². The van der Waals surface area contributed by atoms with Crippen LogP contribution in [0.25, 0.3) is 33.1 Å². The van der Waals surface area contributed by atoms with Crippen molar-refractivity contribution >= 4 is 27.5 Å². The van der Waals surface area contributed by atoms with Crippen molar-refractivity contribution < 1.29 is 18.1 Å². The highest BCUT2D eigenvalue weighted by Crippen LogP contribution is 2.40. The maximum absolute atomic E-state index is 13.6. The maximum atomic E-state index is 13.6. The molecule has 0 saturated heterocycles. The van der Waals surface area contributed by atoms with Crippen molar-refractivity contribution in [3.05, 3.63) is 64.1 Å². The molecule has 0 radical (unpaired) electrons. The Bertz CT molecular complexity index is 1260. The zero-order chi connectivity index (χ0) is 20.1. The highest BCUT2D eigenvalue weighted by atomic mass is 19.4. The quantitative estimate of drug-likeness (QED) is 0.373. The molecule has 4 rings (SSSR count). The number of alkyl halides is 3. The number of non-ortho nitro benzene ring substituents is 1. The molecule has 10 heteroatoms. The number of rotatable bonds is 2. The molecule has 0 N–H and O–H groups in total. The number of nitrogens with zero attached hydrogens (tertiary/aromatic N) is 5. The molecular formula is C18H10F3N5O2. The summed E-state index contributed by atoms with van der Waals surface area (Å²) >= 11 is 0. The van der Waals surface area contributed by atoms with Gasteiger partial charge >= 0.3 is 6.18 Å². The van der Waals surface area contributed by atoms with Gasteiger partial charge in [0.15, 0.2) is 5.52 Å². The van der Waals surface area contributed by atoms with Crippen LogP contribution in [0.4, 0.5) is 18.9 Å². The molecule has 0 atom stereocenters. The Morgan fingerprint density at radius 2 is 1.82 bits per heavy atom. The van der Waals surface area contributed by atoms with Crippen molar-refractivity contribution in [1.29, 1.82) is 0 Å². The molecule has 0 unspecified atom stereocenters. The minimum absolute atomic E-state index is 0.0175. The third-order valence-electron chi connectivity index (χ3n) is 4.24. The van der Waals surface area contributed by atoms with Crippen LogP contribution in [0, 0.1) is 17.0 Å². The molecule has 0 aliphatic rings. The van der Waals surface area contributed by atoms with Crippen molar-refractivity contribution in [1.82, 2.24) is 20.2 Å². The second-order valence-electron chi connectivity index (χ2n) is 6.06. The number of aromatic nitrogens is 4. The minimum atomic E-state index is -4.63. The van der Waals surface area contributed by atoms with Crippen LogP contribution in [0.2, 0.25) is 0 Å². The first-order chi connectivity index (χ1) is 13.3. The van der Waals surface area contributed by atoms with E-state index in [1.807, 2.05) is 0 Å². The average molecular weight is 385 g/mol. The SMILES string of the molecule is Cc1cnc2c(cc([N+](=O)[O-])c3nncc32)c(-c2ccccc2C(F)(F)F)n1. The molecule has 2 aromatic carbocycles. The van der Waals surface area contributed by atoms with Crippen LogP contribution in [0.5, 0.6) is 0 Å². The van der Waals surface area contributed by atoms with E-state index in [0.717, 1.165) is 12.1 Å². The third-order valence-corrected chi connectivity index (χ3v) is 4.24. The Labute approximate surface area is 155 Å². The topological polar surface area (TPSA) is 94.7 Å². The monoisotopic (exact) mass is 385 g/mol. The third kappa shape index (κ3) is 2.79. The number of aryl methyl sites for hydroxylation is 1. The van der Waals surface area contributed by atoms with Gasteiger partial charge in [0.1, 0.15) is 0 Å². The van der Waals surface area contributed by atoms with E-state index < -0.39 is 16.7 Å². The highest BCUT2D eigenvalue weighted by molar-refractivity contribution is 6.11. The standard InChI is InChI=1S/C18H10F3N5O2/c1-9-7-22-15-11(6-14(26(27)28)17-12(15)8-23-25-17)16(24-9)10-4-2-3-5-13(10)18(19,20)21/h2-8H,1H3. The molecule has 0 aliphatic heterocycles. The predicted octanol–water partition coefficient (Wildman–Crippen LogP) is 4.48. The molecule has 2 aromatic heterocycles. The number of nitro benzene ring substituents is 1. The van der Waals surface area contributed by atoms with E-state index in [2.05, 4.69) is 20.2 Å². The largest absolute Gasteiger partial charge is 0.417 e. The van der Waals surface area contributed by atoms with Crippen molar-refractivity contribution in [2.45, 2.75) is 13.1 Å². The first-order valence-corrected chi connectivity index (χ1v) is 8.00. The van der Waals surface area contributed by atoms with E-state index in [9.17, 15) is 23.3 Å². The van der Waals surface area contributed by atoms with Crippen LogP contribution in [0.15, 0.2) is 42.7 Å². The summed E-state index contributed by atoms with van der Waals surface area (Å²) in [6.07, 6.45) is -1.94. The molecule has 0 spiro atoms. The minimum Gasteiger partial charge on any atom is -0.258 e. The normalized spacial score (nSPS) is 11.9. The number of nitro groups is 1. The Kier molecular flexibility index (Phi) is 3.91. The second kappa shape index (κ2) is 6.19. The fraction of sp³-hybridized carbons (Fsp3) is 0.111. The van der Waals surface area contributed by atoms with E-state index in [1.54, 1.807) is 6.92 Å². The van der Waals surface area contributed by atoms with Gasteiger partial charge in [0, 0.05) is 23.2 Å². The Morgan fingerprint density at radius 3 is 2.54 bits per heavy atom. The smallest absolute Gasteiger partial charge is 0.258 e. The van der Waals surface area contributed by atoms with Crippen molar-refractivity contribution in [3.63, 3.8) is 0 Å². The van der Waals surface area contributed by atoms with Gasteiger partial charge < -0.3 is 0 Å². The summed E-state index contributed by atoms with van der Waals surface area (Å²) in [6.45, 7) is 1.58. The first-order valence-electron chi connectivity index (χ1n) is 8.00. The van der Waals surface area contributed by atoms with E-state index in [-0.39, 0.29) is 38.8 Å². The summed E-state index contributed by atoms with van der Waals surface area (Å²) in [4.78, 5) is 19.4. The summed E-state index contributed by atoms with van der Waals surface area (Å²) in [6, 6.07) is 6.09. The molecule has 140 valence electrons. The molecule has 4 aromatic rings. The molecule has 2 heterocycles. The molecule has 0 bridgehead atoms. The highest BCUT2D eigenvalue weighted by Gasteiger charge is 2.34. The molecule has 28 heavy (non-hydrogen) atoms. The van der Waals surface area contributed by atoms with Gasteiger partial charge in [0.05, 0.1) is 39.0 Å². The fourth-order valence-electron chi connectivity index (χ4n) is 3.06. The van der Waals surface area contributed by atoms with Crippen molar-refractivity contribution in [3.8, 4) is 11.3 Å². The lowest BCUT2D eigenvalue weighted by molar-refractivity contribution is -0.383. The number of halogens is 3. The predicted molar refractivity (Wildman–Crippen MR) is 94.5 cm³/mol. The van der Waals surface area contributed by atoms with Crippen LogP contribution >= 0.6 is 0 Å². The van der Waals surface area contributed by atoms with Crippen molar-refractivity contribution in [2.24, 2.45) is 0 Å². The van der Waals surface area contributed by atoms with E-state index in [4.69, 9.17) is 0 Å². The van der Waals surface area contributed by atoms with Gasteiger partial charge in [-0.3, -0.25) is 20.1 Å². The number of fused-ring (bicyclic) bond motifs is 3. The lowest BCUT2D eigenvalue weighted by Gasteiger charge is -2.12. The number of benzene rings is 2. The molecular weight excluding hydrogens is 375 g/mol. The van der Waals surface area contributed by atoms with Gasteiger partial charge in [0.25, 0.3) is 5.69 Å². The van der Waals surface area contributed by atoms with Gasteiger partial charge in [-0.2, -0.15) is 18.3 Å². The molecule has 0 saturated carbocycles. The summed E-state index contributed by atoms with van der Waals surface area (Å²) in [7, 11) is 0. The Hall–Kier alpha value is -3.69. The van der Waals surface area contributed by atoms with E-state index >= 15 is 0 Å². The van der Waals surface area contributed by atoms with Gasteiger partial charge in [-0.1, -0.05) is 18.2 Å². The number of hydrogen-bond donors (Lipinski definition) is 0. The molecule has 0 amide bonds. The zero-order valence-electron chi connectivity index (χ0n) is 14.2. The maximum Gasteiger partial charge on any atom is 0.417 e. The summed E-state index contributed by atoms with van der Waals surface area (Å²) in [5, 5.41) is 19.3. The molecule has 0 aliphatic carbocycles. The van der Waals surface area contributed by atoms with Gasteiger partial charge in [0.2, 0.25) is 0 Å². The van der Waals surface area contributed by atoms with Gasteiger partial charge in [-0.05, 0) is 13.0 Å².